The number of rotatable bonds is 9. The summed E-state index contributed by atoms with van der Waals surface area (Å²) in [5, 5.41) is 0. The number of allylic oxidation sites excluding steroid dienone is 1. The van der Waals surface area contributed by atoms with E-state index in [2.05, 4.69) is 31.2 Å². The van der Waals surface area contributed by atoms with Gasteiger partial charge in [-0.2, -0.15) is 0 Å². The van der Waals surface area contributed by atoms with Crippen LogP contribution >= 0.6 is 0 Å². The van der Waals surface area contributed by atoms with Crippen molar-refractivity contribution >= 4 is 0 Å². The predicted molar refractivity (Wildman–Crippen MR) is 119 cm³/mol. The molecular formula is C27H41F. The molecule has 0 spiro atoms. The number of unbranched alkanes of at least 4 members (excludes halogenated alkanes) is 1. The molecule has 0 atom stereocenters. The van der Waals surface area contributed by atoms with Crippen LogP contribution in [0.2, 0.25) is 0 Å². The SMILES string of the molecule is CCCCc1ccc([C@H]2CC[C@H](CC[C@H]3CC[C@H](C/C=C/F)CC3)CC2)cc1. The van der Waals surface area contributed by atoms with Crippen LogP contribution in [0.15, 0.2) is 36.7 Å². The van der Waals surface area contributed by atoms with Crippen LogP contribution < -0.4 is 0 Å². The second-order valence-electron chi connectivity index (χ2n) is 9.62. The van der Waals surface area contributed by atoms with E-state index in [1.165, 1.54) is 89.0 Å². The minimum absolute atomic E-state index is 0.725. The lowest BCUT2D eigenvalue weighted by Gasteiger charge is -2.32. The largest absolute Gasteiger partial charge is 0.216 e. The molecule has 0 heterocycles. The number of hydrogen-bond donors (Lipinski definition) is 0. The topological polar surface area (TPSA) is 0 Å². The highest BCUT2D eigenvalue weighted by Crippen LogP contribution is 2.40. The average Bonchev–Trinajstić information content (AvgIpc) is 2.76. The Morgan fingerprint density at radius 1 is 0.821 bits per heavy atom. The first-order valence-electron chi connectivity index (χ1n) is 12.1. The molecule has 0 aliphatic heterocycles. The van der Waals surface area contributed by atoms with Crippen LogP contribution in [-0.2, 0) is 6.42 Å². The van der Waals surface area contributed by atoms with Crippen molar-refractivity contribution in [2.75, 3.05) is 0 Å². The summed E-state index contributed by atoms with van der Waals surface area (Å²) in [6.07, 6.45) is 21.1. The molecule has 0 saturated heterocycles. The van der Waals surface area contributed by atoms with Crippen molar-refractivity contribution in [2.24, 2.45) is 17.8 Å². The van der Waals surface area contributed by atoms with Crippen molar-refractivity contribution < 1.29 is 4.39 Å². The van der Waals surface area contributed by atoms with E-state index in [4.69, 9.17) is 0 Å². The van der Waals surface area contributed by atoms with E-state index >= 15 is 0 Å². The number of aryl methyl sites for hydroxylation is 1. The lowest BCUT2D eigenvalue weighted by molar-refractivity contribution is 0.231. The molecule has 0 nitrogen and oxygen atoms in total. The Balaban J connectivity index is 1.33. The van der Waals surface area contributed by atoms with Crippen LogP contribution in [-0.4, -0.2) is 0 Å². The highest BCUT2D eigenvalue weighted by atomic mass is 19.1. The number of halogens is 1. The normalized spacial score (nSPS) is 28.6. The van der Waals surface area contributed by atoms with E-state index in [1.54, 1.807) is 11.6 Å². The van der Waals surface area contributed by atoms with Gasteiger partial charge in [-0.1, -0.05) is 69.4 Å². The summed E-state index contributed by atoms with van der Waals surface area (Å²) < 4.78 is 12.2. The van der Waals surface area contributed by atoms with Crippen molar-refractivity contribution in [2.45, 2.75) is 103 Å². The molecule has 2 aliphatic carbocycles. The Kier molecular flexibility index (Phi) is 9.09. The molecular weight excluding hydrogens is 343 g/mol. The van der Waals surface area contributed by atoms with Gasteiger partial charge in [-0.25, -0.2) is 4.39 Å². The molecule has 2 saturated carbocycles. The summed E-state index contributed by atoms with van der Waals surface area (Å²) in [7, 11) is 0. The van der Waals surface area contributed by atoms with E-state index in [0.29, 0.717) is 0 Å². The fraction of sp³-hybridized carbons (Fsp3) is 0.704. The van der Waals surface area contributed by atoms with Gasteiger partial charge in [0, 0.05) is 0 Å². The zero-order valence-electron chi connectivity index (χ0n) is 18.1. The van der Waals surface area contributed by atoms with Crippen molar-refractivity contribution in [3.63, 3.8) is 0 Å². The first-order chi connectivity index (χ1) is 13.8. The number of hydrogen-bond acceptors (Lipinski definition) is 0. The molecule has 0 aromatic heterocycles. The zero-order chi connectivity index (χ0) is 19.6. The number of benzene rings is 1. The first kappa shape index (κ1) is 21.6. The summed E-state index contributed by atoms with van der Waals surface area (Å²) >= 11 is 0. The molecule has 156 valence electrons. The molecule has 3 rings (SSSR count). The molecule has 0 N–H and O–H groups in total. The maximum atomic E-state index is 12.2. The van der Waals surface area contributed by atoms with Gasteiger partial charge in [-0.05, 0) is 92.6 Å². The Morgan fingerprint density at radius 3 is 1.96 bits per heavy atom. The van der Waals surface area contributed by atoms with E-state index < -0.39 is 0 Å². The third-order valence-corrected chi connectivity index (χ3v) is 7.62. The monoisotopic (exact) mass is 384 g/mol. The molecule has 1 aromatic carbocycles. The molecule has 1 aromatic rings. The van der Waals surface area contributed by atoms with Crippen molar-refractivity contribution in [1.82, 2.24) is 0 Å². The fourth-order valence-corrected chi connectivity index (χ4v) is 5.59. The minimum Gasteiger partial charge on any atom is -0.216 e. The van der Waals surface area contributed by atoms with Crippen LogP contribution in [0.4, 0.5) is 4.39 Å². The molecule has 0 amide bonds. The van der Waals surface area contributed by atoms with Gasteiger partial charge in [0.2, 0.25) is 0 Å². The molecule has 28 heavy (non-hydrogen) atoms. The van der Waals surface area contributed by atoms with Gasteiger partial charge < -0.3 is 0 Å². The standard InChI is InChI=1S/C27H41F/c1-2-3-5-22-13-17-26(18-14-22)27-19-15-25(16-20-27)12-11-24-9-7-23(8-10-24)6-4-21-28/h4,13-14,17-18,21,23-25,27H,2-3,5-12,15-16,19-20H2,1H3/b21-4+/t23-,24-,25-,27-. The summed E-state index contributed by atoms with van der Waals surface area (Å²) in [4.78, 5) is 0. The quantitative estimate of drug-likeness (QED) is 0.399. The minimum atomic E-state index is 0.725. The Labute approximate surface area is 173 Å². The van der Waals surface area contributed by atoms with Crippen LogP contribution in [0.5, 0.6) is 0 Å². The zero-order valence-corrected chi connectivity index (χ0v) is 18.1. The van der Waals surface area contributed by atoms with E-state index in [0.717, 1.165) is 36.4 Å². The van der Waals surface area contributed by atoms with Gasteiger partial charge >= 0.3 is 0 Å². The predicted octanol–water partition coefficient (Wildman–Crippen LogP) is 8.76. The van der Waals surface area contributed by atoms with Crippen LogP contribution in [0.25, 0.3) is 0 Å². The van der Waals surface area contributed by atoms with Crippen molar-refractivity contribution in [3.8, 4) is 0 Å². The van der Waals surface area contributed by atoms with Gasteiger partial charge in [0.25, 0.3) is 0 Å². The fourth-order valence-electron chi connectivity index (χ4n) is 5.59. The van der Waals surface area contributed by atoms with Gasteiger partial charge in [-0.15, -0.1) is 0 Å². The van der Waals surface area contributed by atoms with Gasteiger partial charge in [0.05, 0.1) is 6.33 Å². The molecule has 2 aliphatic rings. The maximum Gasteiger partial charge on any atom is 0.0827 e. The Morgan fingerprint density at radius 2 is 1.39 bits per heavy atom. The second-order valence-corrected chi connectivity index (χ2v) is 9.62. The molecule has 0 radical (unpaired) electrons. The van der Waals surface area contributed by atoms with Gasteiger partial charge in [0.15, 0.2) is 0 Å². The van der Waals surface area contributed by atoms with E-state index in [9.17, 15) is 4.39 Å². The third-order valence-electron chi connectivity index (χ3n) is 7.62. The lowest BCUT2D eigenvalue weighted by Crippen LogP contribution is -2.17. The highest BCUT2D eigenvalue weighted by Gasteiger charge is 2.25. The Bertz CT molecular complexity index is 556. The summed E-state index contributed by atoms with van der Waals surface area (Å²) in [6, 6.07) is 9.56. The lowest BCUT2D eigenvalue weighted by atomic mass is 9.74. The molecule has 2 fully saturated rings. The molecule has 1 heteroatoms. The van der Waals surface area contributed by atoms with Crippen molar-refractivity contribution in [3.05, 3.63) is 47.8 Å². The van der Waals surface area contributed by atoms with Crippen LogP contribution in [0, 0.1) is 17.8 Å². The van der Waals surface area contributed by atoms with Gasteiger partial charge in [0.1, 0.15) is 0 Å². The first-order valence-corrected chi connectivity index (χ1v) is 12.1. The molecule has 0 bridgehead atoms. The van der Waals surface area contributed by atoms with Crippen molar-refractivity contribution in [1.29, 1.82) is 0 Å². The highest BCUT2D eigenvalue weighted by molar-refractivity contribution is 5.26. The Hall–Kier alpha value is -1.11. The van der Waals surface area contributed by atoms with Crippen LogP contribution in [0.3, 0.4) is 0 Å². The summed E-state index contributed by atoms with van der Waals surface area (Å²) in [6.45, 7) is 2.27. The summed E-state index contributed by atoms with van der Waals surface area (Å²) in [5.41, 5.74) is 3.09. The smallest absolute Gasteiger partial charge is 0.0827 e. The van der Waals surface area contributed by atoms with Gasteiger partial charge in [-0.3, -0.25) is 0 Å². The van der Waals surface area contributed by atoms with E-state index in [1.807, 2.05) is 0 Å². The molecule has 0 unspecified atom stereocenters. The third kappa shape index (κ3) is 6.75. The summed E-state index contributed by atoms with van der Waals surface area (Å²) in [5.74, 6) is 3.45. The van der Waals surface area contributed by atoms with E-state index in [-0.39, 0.29) is 0 Å². The second kappa shape index (κ2) is 11.8. The average molecular weight is 385 g/mol. The van der Waals surface area contributed by atoms with Crippen LogP contribution in [0.1, 0.15) is 107 Å². The maximum absolute atomic E-state index is 12.2.